The van der Waals surface area contributed by atoms with Crippen molar-refractivity contribution in [3.05, 3.63) is 76.9 Å². The molecule has 0 radical (unpaired) electrons. The maximum atomic E-state index is 13.7. The van der Waals surface area contributed by atoms with Crippen LogP contribution in [-0.2, 0) is 30.8 Å². The minimum atomic E-state index is -3.86. The molecule has 3 rings (SSSR count). The van der Waals surface area contributed by atoms with Crippen LogP contribution in [0.4, 0.5) is 16.2 Å². The number of amides is 1. The maximum absolute atomic E-state index is 13.7. The fourth-order valence-corrected chi connectivity index (χ4v) is 7.04. The molecule has 0 heterocycles. The molecule has 2 N–H and O–H groups in total. The van der Waals surface area contributed by atoms with E-state index in [1.54, 1.807) is 44.4 Å². The van der Waals surface area contributed by atoms with Gasteiger partial charge in [0.2, 0.25) is 10.0 Å². The largest absolute Gasteiger partial charge is 0.494 e. The zero-order chi connectivity index (χ0) is 40.1. The van der Waals surface area contributed by atoms with E-state index in [4.69, 9.17) is 24.5 Å². The van der Waals surface area contributed by atoms with Gasteiger partial charge < -0.3 is 29.2 Å². The average molecular weight is 768 g/mol. The summed E-state index contributed by atoms with van der Waals surface area (Å²) in [5, 5.41) is 6.50. The number of alkyl carbamates (subject to hydrolysis) is 1. The molecule has 1 atom stereocenters. The monoisotopic (exact) mass is 767 g/mol. The van der Waals surface area contributed by atoms with E-state index in [-0.39, 0.29) is 30.4 Å². The summed E-state index contributed by atoms with van der Waals surface area (Å²) in [6.07, 6.45) is 3.12. The van der Waals surface area contributed by atoms with Gasteiger partial charge in [0.25, 0.3) is 0 Å². The zero-order valence-electron chi connectivity index (χ0n) is 33.2. The molecule has 0 spiro atoms. The number of hydrogen-bond acceptors (Lipinski definition) is 11. The molecule has 0 saturated heterocycles. The van der Waals surface area contributed by atoms with Crippen LogP contribution in [0.5, 0.6) is 11.5 Å². The van der Waals surface area contributed by atoms with Gasteiger partial charge in [-0.1, -0.05) is 31.0 Å². The number of nitrogens with one attached hydrogen (secondary N) is 2. The Balaban J connectivity index is 1.69. The van der Waals surface area contributed by atoms with Crippen molar-refractivity contribution in [3.63, 3.8) is 0 Å². The third-order valence-corrected chi connectivity index (χ3v) is 10.5. The highest BCUT2D eigenvalue weighted by atomic mass is 32.2. The first-order valence-electron chi connectivity index (χ1n) is 18.2. The smallest absolute Gasteiger partial charge is 0.407 e. The Kier molecular flexibility index (Phi) is 16.3. The molecule has 13 nitrogen and oxygen atoms in total. The number of rotatable bonds is 20. The third kappa shape index (κ3) is 12.7. The fraction of sp³-hybridized carbons (Fsp3) is 0.500. The van der Waals surface area contributed by atoms with Crippen LogP contribution >= 0.6 is 0 Å². The minimum absolute atomic E-state index is 0.0220. The molecule has 54 heavy (non-hydrogen) atoms. The third-order valence-electron chi connectivity index (χ3n) is 8.65. The molecule has 1 amide bonds. The first-order valence-corrected chi connectivity index (χ1v) is 19.6. The maximum Gasteiger partial charge on any atom is 0.407 e. The molecule has 0 aliphatic rings. The number of methoxy groups -OCH3 is 1. The topological polar surface area (TPSA) is 160 Å². The highest BCUT2D eigenvalue weighted by Crippen LogP contribution is 2.42. The molecular weight excluding hydrogens is 711 g/mol. The molecule has 0 bridgehead atoms. The Morgan fingerprint density at radius 2 is 1.63 bits per heavy atom. The highest BCUT2D eigenvalue weighted by Gasteiger charge is 2.26. The highest BCUT2D eigenvalue weighted by molar-refractivity contribution is 7.89. The number of hydrogen-bond donors (Lipinski definition) is 2. The van der Waals surface area contributed by atoms with Crippen molar-refractivity contribution in [1.29, 1.82) is 5.53 Å². The predicted molar refractivity (Wildman–Crippen MR) is 210 cm³/mol. The number of nitrogens with zero attached hydrogens (tertiary/aromatic N) is 3. The van der Waals surface area contributed by atoms with Gasteiger partial charge >= 0.3 is 12.1 Å². The normalized spacial score (nSPS) is 12.2. The van der Waals surface area contributed by atoms with Gasteiger partial charge in [0.1, 0.15) is 28.5 Å². The fourth-order valence-electron chi connectivity index (χ4n) is 5.89. The zero-order valence-corrected chi connectivity index (χ0v) is 34.0. The van der Waals surface area contributed by atoms with Gasteiger partial charge in [0.15, 0.2) is 0 Å². The van der Waals surface area contributed by atoms with E-state index in [1.807, 2.05) is 71.0 Å². The van der Waals surface area contributed by atoms with Crippen LogP contribution in [0, 0.1) is 12.5 Å². The van der Waals surface area contributed by atoms with Crippen LogP contribution in [-0.4, -0.2) is 78.4 Å². The molecule has 296 valence electrons. The lowest BCUT2D eigenvalue weighted by Gasteiger charge is -2.24. The van der Waals surface area contributed by atoms with Crippen molar-refractivity contribution in [2.75, 3.05) is 52.9 Å². The minimum Gasteiger partial charge on any atom is -0.494 e. The van der Waals surface area contributed by atoms with Gasteiger partial charge in [-0.3, -0.25) is 4.79 Å². The molecule has 0 fully saturated rings. The summed E-state index contributed by atoms with van der Waals surface area (Å²) in [5.41, 5.74) is 11.5. The number of carbonyl (C=O) groups excluding carboxylic acids is 2. The molecular formula is C40H57N5O8S. The van der Waals surface area contributed by atoms with E-state index in [9.17, 15) is 18.0 Å². The van der Waals surface area contributed by atoms with Gasteiger partial charge in [-0.15, -0.1) is 0 Å². The Morgan fingerprint density at radius 3 is 2.24 bits per heavy atom. The van der Waals surface area contributed by atoms with Crippen LogP contribution in [0.15, 0.2) is 64.6 Å². The lowest BCUT2D eigenvalue weighted by molar-refractivity contribution is -0.143. The number of anilines is 1. The first kappa shape index (κ1) is 43.7. The molecule has 1 unspecified atom stereocenters. The second kappa shape index (κ2) is 20.1. The van der Waals surface area contributed by atoms with Gasteiger partial charge in [-0.2, -0.15) is 9.42 Å². The number of carbonyl (C=O) groups is 2. The van der Waals surface area contributed by atoms with E-state index >= 15 is 0 Å². The molecule has 3 aromatic carbocycles. The number of ether oxygens (including phenoxy) is 4. The van der Waals surface area contributed by atoms with Crippen molar-refractivity contribution in [3.8, 4) is 11.5 Å². The first-order chi connectivity index (χ1) is 25.5. The van der Waals surface area contributed by atoms with Gasteiger partial charge in [0.05, 0.1) is 31.6 Å². The van der Waals surface area contributed by atoms with Crippen molar-refractivity contribution in [1.82, 2.24) is 9.62 Å². The lowest BCUT2D eigenvalue weighted by Crippen LogP contribution is -2.32. The van der Waals surface area contributed by atoms with Crippen molar-refractivity contribution in [2.24, 2.45) is 5.11 Å². The number of esters is 1. The summed E-state index contributed by atoms with van der Waals surface area (Å²) < 4.78 is 50.8. The second-order valence-corrected chi connectivity index (χ2v) is 16.3. The molecule has 3 aromatic rings. The molecule has 0 saturated carbocycles. The summed E-state index contributed by atoms with van der Waals surface area (Å²) in [6.45, 7) is 10.5. The molecule has 0 aliphatic heterocycles. The van der Waals surface area contributed by atoms with Crippen LogP contribution < -0.4 is 19.7 Å². The van der Waals surface area contributed by atoms with Crippen LogP contribution in [0.2, 0.25) is 0 Å². The van der Waals surface area contributed by atoms with Gasteiger partial charge in [-0.05, 0) is 106 Å². The summed E-state index contributed by atoms with van der Waals surface area (Å²) in [6, 6.07) is 15.8. The Morgan fingerprint density at radius 1 is 0.944 bits per heavy atom. The van der Waals surface area contributed by atoms with E-state index < -0.39 is 27.6 Å². The Hall–Kier alpha value is -4.69. The Labute approximate surface area is 320 Å². The summed E-state index contributed by atoms with van der Waals surface area (Å²) in [5.74, 6) is 0.218. The van der Waals surface area contributed by atoms with E-state index in [0.29, 0.717) is 41.6 Å². The average Bonchev–Trinajstić information content (AvgIpc) is 3.11. The Bertz CT molecular complexity index is 1820. The second-order valence-electron chi connectivity index (χ2n) is 14.3. The summed E-state index contributed by atoms with van der Waals surface area (Å²) in [4.78, 5) is 26.6. The SMILES string of the molecule is CCOC(=O)CC(c1ccc(C)c(CN(C)S(=O)(=O)c2ccc(OCCCCCCNC(=O)OC(C)(C)C)cc2)c1)c1cc(N=N)c(N(C)C)c(OC)c1. The van der Waals surface area contributed by atoms with Crippen molar-refractivity contribution < 1.29 is 37.0 Å². The van der Waals surface area contributed by atoms with Crippen LogP contribution in [0.1, 0.15) is 88.0 Å². The van der Waals surface area contributed by atoms with E-state index in [1.165, 1.54) is 11.4 Å². The predicted octanol–water partition coefficient (Wildman–Crippen LogP) is 8.10. The lowest BCUT2D eigenvalue weighted by atomic mass is 9.86. The van der Waals surface area contributed by atoms with E-state index in [2.05, 4.69) is 10.4 Å². The van der Waals surface area contributed by atoms with Crippen LogP contribution in [0.25, 0.3) is 0 Å². The van der Waals surface area contributed by atoms with Crippen molar-refractivity contribution in [2.45, 2.75) is 89.7 Å². The molecule has 0 aromatic heterocycles. The summed E-state index contributed by atoms with van der Waals surface area (Å²) in [7, 11) is 2.90. The number of unbranched alkanes of at least 4 members (excludes halogenated alkanes) is 3. The standard InChI is InChI=1S/C40H57N5O8S/c1-10-51-37(46)26-34(30-24-35(43-41)38(44(6)7)36(25-30)50-9)29-16-15-28(2)31(23-29)27-45(8)54(48,49)33-19-17-32(18-20-33)52-22-14-12-11-13-21-42-39(47)53-40(3,4)5/h15-20,23-25,34,41H,10-14,21-22,26-27H2,1-9H3,(H,42,47). The molecule has 0 aliphatic carbocycles. The molecule has 14 heteroatoms. The number of sulfonamides is 1. The quantitative estimate of drug-likeness (QED) is 0.0658. The van der Waals surface area contributed by atoms with Crippen molar-refractivity contribution >= 4 is 33.5 Å². The van der Waals surface area contributed by atoms with Gasteiger partial charge in [0, 0.05) is 40.2 Å². The summed E-state index contributed by atoms with van der Waals surface area (Å²) >= 11 is 0. The van der Waals surface area contributed by atoms with E-state index in [0.717, 1.165) is 42.4 Å². The van der Waals surface area contributed by atoms with Crippen LogP contribution in [0.3, 0.4) is 0 Å². The number of aryl methyl sites for hydroxylation is 1. The number of benzene rings is 3. The van der Waals surface area contributed by atoms with Gasteiger partial charge in [-0.25, -0.2) is 18.7 Å².